The van der Waals surface area contributed by atoms with Gasteiger partial charge < -0.3 is 10.2 Å². The molecule has 1 amide bonds. The van der Waals surface area contributed by atoms with Crippen LogP contribution in [0, 0.1) is 0 Å². The van der Waals surface area contributed by atoms with E-state index < -0.39 is 0 Å². The summed E-state index contributed by atoms with van der Waals surface area (Å²) in [6.07, 6.45) is 2.11. The minimum Gasteiger partial charge on any atom is -0.385 e. The van der Waals surface area contributed by atoms with Crippen molar-refractivity contribution in [3.8, 4) is 0 Å². The quantitative estimate of drug-likeness (QED) is 0.437. The van der Waals surface area contributed by atoms with E-state index in [1.165, 1.54) is 5.56 Å². The number of aromatic nitrogens is 2. The number of anilines is 1. The summed E-state index contributed by atoms with van der Waals surface area (Å²) >= 11 is 0. The third-order valence-electron chi connectivity index (χ3n) is 7.60. The Morgan fingerprint density at radius 2 is 1.61 bits per heavy atom. The molecule has 0 saturated carbocycles. The predicted molar refractivity (Wildman–Crippen MR) is 153 cm³/mol. The molecule has 7 nitrogen and oxygen atoms in total. The number of hydrogen-bond acceptors (Lipinski definition) is 4. The Labute approximate surface area is 224 Å². The SMILES string of the molecule is Cn1c(=O)n(C)c2cc(CCC(=O)N3CCN(Cc4ccccc4)CCCNc4ccccc4C3)ccc21. The number of imidazole rings is 1. The van der Waals surface area contributed by atoms with Gasteiger partial charge in [0.1, 0.15) is 0 Å². The number of carbonyl (C=O) groups excluding carboxylic acids is 1. The zero-order valence-electron chi connectivity index (χ0n) is 22.4. The Morgan fingerprint density at radius 1 is 0.842 bits per heavy atom. The molecule has 0 aliphatic carbocycles. The average Bonchev–Trinajstić information content (AvgIpc) is 3.13. The second-order valence-electron chi connectivity index (χ2n) is 10.2. The molecule has 1 aromatic heterocycles. The largest absolute Gasteiger partial charge is 0.385 e. The maximum atomic E-state index is 13.6. The number of amides is 1. The van der Waals surface area contributed by atoms with Gasteiger partial charge >= 0.3 is 5.69 Å². The second-order valence-corrected chi connectivity index (χ2v) is 10.2. The van der Waals surface area contributed by atoms with E-state index in [2.05, 4.69) is 46.6 Å². The number of carbonyl (C=O) groups is 1. The summed E-state index contributed by atoms with van der Waals surface area (Å²) in [5, 5.41) is 3.60. The molecule has 7 heteroatoms. The highest BCUT2D eigenvalue weighted by Crippen LogP contribution is 2.20. The molecule has 2 heterocycles. The fourth-order valence-corrected chi connectivity index (χ4v) is 5.34. The van der Waals surface area contributed by atoms with Gasteiger partial charge in [-0.3, -0.25) is 18.8 Å². The van der Waals surface area contributed by atoms with Gasteiger partial charge in [-0.2, -0.15) is 0 Å². The van der Waals surface area contributed by atoms with Gasteiger partial charge in [-0.05, 0) is 47.7 Å². The first kappa shape index (κ1) is 25.8. The van der Waals surface area contributed by atoms with E-state index in [1.54, 1.807) is 23.2 Å². The Morgan fingerprint density at radius 3 is 2.45 bits per heavy atom. The number of fused-ring (bicyclic) bond motifs is 2. The van der Waals surface area contributed by atoms with Gasteiger partial charge in [0.05, 0.1) is 11.0 Å². The molecule has 0 spiro atoms. The van der Waals surface area contributed by atoms with Crippen molar-refractivity contribution in [3.63, 3.8) is 0 Å². The van der Waals surface area contributed by atoms with E-state index in [1.807, 2.05) is 41.3 Å². The Bertz CT molecular complexity index is 1460. The molecular formula is C31H37N5O2. The highest BCUT2D eigenvalue weighted by Gasteiger charge is 2.19. The summed E-state index contributed by atoms with van der Waals surface area (Å²) < 4.78 is 3.32. The molecule has 1 aliphatic heterocycles. The van der Waals surface area contributed by atoms with Gasteiger partial charge in [0.2, 0.25) is 5.91 Å². The Balaban J connectivity index is 1.32. The van der Waals surface area contributed by atoms with Crippen LogP contribution >= 0.6 is 0 Å². The van der Waals surface area contributed by atoms with Crippen LogP contribution in [0.2, 0.25) is 0 Å². The lowest BCUT2D eigenvalue weighted by molar-refractivity contribution is -0.132. The van der Waals surface area contributed by atoms with Crippen LogP contribution in [0.3, 0.4) is 0 Å². The number of para-hydroxylation sites is 1. The van der Waals surface area contributed by atoms with Gasteiger partial charge in [0, 0.05) is 65.5 Å². The summed E-state index contributed by atoms with van der Waals surface area (Å²) in [5.41, 5.74) is 6.39. The van der Waals surface area contributed by atoms with Crippen molar-refractivity contribution in [2.75, 3.05) is 31.5 Å². The van der Waals surface area contributed by atoms with Crippen LogP contribution in [0.4, 0.5) is 5.69 Å². The van der Waals surface area contributed by atoms with Crippen molar-refractivity contribution in [2.24, 2.45) is 14.1 Å². The highest BCUT2D eigenvalue weighted by atomic mass is 16.2. The van der Waals surface area contributed by atoms with Crippen LogP contribution in [0.1, 0.15) is 29.5 Å². The number of hydrogen-bond donors (Lipinski definition) is 1. The molecule has 0 radical (unpaired) electrons. The van der Waals surface area contributed by atoms with Gasteiger partial charge in [-0.15, -0.1) is 0 Å². The molecule has 5 rings (SSSR count). The fourth-order valence-electron chi connectivity index (χ4n) is 5.34. The Hall–Kier alpha value is -3.84. The van der Waals surface area contributed by atoms with Crippen molar-refractivity contribution in [3.05, 3.63) is 100.0 Å². The van der Waals surface area contributed by atoms with E-state index in [9.17, 15) is 9.59 Å². The van der Waals surface area contributed by atoms with Gasteiger partial charge in [-0.25, -0.2) is 4.79 Å². The number of nitrogens with zero attached hydrogens (tertiary/aromatic N) is 4. The molecule has 0 saturated heterocycles. The summed E-state index contributed by atoms with van der Waals surface area (Å²) in [5.74, 6) is 0.153. The molecule has 3 aromatic carbocycles. The number of benzene rings is 3. The lowest BCUT2D eigenvalue weighted by Gasteiger charge is -2.28. The van der Waals surface area contributed by atoms with Crippen molar-refractivity contribution in [1.82, 2.24) is 18.9 Å². The van der Waals surface area contributed by atoms with Gasteiger partial charge in [0.25, 0.3) is 0 Å². The number of nitrogens with one attached hydrogen (secondary N) is 1. The van der Waals surface area contributed by atoms with Crippen LogP contribution in [-0.2, 0) is 38.4 Å². The summed E-state index contributed by atoms with van der Waals surface area (Å²) in [7, 11) is 3.58. The van der Waals surface area contributed by atoms with E-state index in [-0.39, 0.29) is 11.6 Å². The first-order valence-corrected chi connectivity index (χ1v) is 13.5. The molecule has 0 unspecified atom stereocenters. The van der Waals surface area contributed by atoms with E-state index in [4.69, 9.17) is 0 Å². The Kier molecular flexibility index (Phi) is 7.94. The smallest absolute Gasteiger partial charge is 0.328 e. The van der Waals surface area contributed by atoms with Crippen LogP contribution < -0.4 is 11.0 Å². The molecule has 0 atom stereocenters. The van der Waals surface area contributed by atoms with Crippen molar-refractivity contribution in [1.29, 1.82) is 0 Å². The molecule has 38 heavy (non-hydrogen) atoms. The third-order valence-corrected chi connectivity index (χ3v) is 7.60. The summed E-state index contributed by atoms with van der Waals surface area (Å²) in [4.78, 5) is 30.4. The lowest BCUT2D eigenvalue weighted by atomic mass is 10.1. The van der Waals surface area contributed by atoms with Crippen LogP contribution in [0.15, 0.2) is 77.6 Å². The first-order valence-electron chi connectivity index (χ1n) is 13.5. The van der Waals surface area contributed by atoms with Crippen molar-refractivity contribution < 1.29 is 4.79 Å². The van der Waals surface area contributed by atoms with Gasteiger partial charge in [-0.1, -0.05) is 54.6 Å². The first-order chi connectivity index (χ1) is 18.5. The predicted octanol–water partition coefficient (Wildman–Crippen LogP) is 4.16. The molecule has 1 aliphatic rings. The highest BCUT2D eigenvalue weighted by molar-refractivity contribution is 5.78. The van der Waals surface area contributed by atoms with Crippen LogP contribution in [-0.4, -0.2) is 51.0 Å². The van der Waals surface area contributed by atoms with Crippen molar-refractivity contribution >= 4 is 22.6 Å². The topological polar surface area (TPSA) is 62.5 Å². The van der Waals surface area contributed by atoms with E-state index in [0.717, 1.165) is 60.4 Å². The molecule has 4 aromatic rings. The normalized spacial score (nSPS) is 15.1. The summed E-state index contributed by atoms with van der Waals surface area (Å²) in [6, 6.07) is 24.9. The summed E-state index contributed by atoms with van der Waals surface area (Å²) in [6.45, 7) is 4.87. The van der Waals surface area contributed by atoms with E-state index in [0.29, 0.717) is 25.9 Å². The third kappa shape index (κ3) is 5.83. The maximum absolute atomic E-state index is 13.6. The zero-order valence-corrected chi connectivity index (χ0v) is 22.4. The zero-order chi connectivity index (χ0) is 26.5. The van der Waals surface area contributed by atoms with Crippen LogP contribution in [0.25, 0.3) is 11.0 Å². The molecule has 198 valence electrons. The monoisotopic (exact) mass is 511 g/mol. The molecule has 0 fully saturated rings. The fraction of sp³-hybridized carbons (Fsp3) is 0.355. The average molecular weight is 512 g/mol. The molecule has 1 N–H and O–H groups in total. The molecular weight excluding hydrogens is 474 g/mol. The van der Waals surface area contributed by atoms with Gasteiger partial charge in [0.15, 0.2) is 0 Å². The van der Waals surface area contributed by atoms with Crippen molar-refractivity contribution in [2.45, 2.75) is 32.4 Å². The minimum absolute atomic E-state index is 0.0379. The number of rotatable bonds is 5. The molecule has 0 bridgehead atoms. The lowest BCUT2D eigenvalue weighted by Crippen LogP contribution is -2.38. The second kappa shape index (κ2) is 11.7. The van der Waals surface area contributed by atoms with Crippen LogP contribution in [0.5, 0.6) is 0 Å². The standard InChI is InChI=1S/C31H37N5O2/c1-33-28-15-13-24(21-29(28)34(2)31(33)38)14-16-30(37)36-20-19-35(22-25-9-4-3-5-10-25)18-8-17-32-27-12-7-6-11-26(27)23-36/h3-7,9-13,15,21,32H,8,14,16-20,22-23H2,1-2H3. The minimum atomic E-state index is -0.0379. The van der Waals surface area contributed by atoms with E-state index >= 15 is 0 Å². The maximum Gasteiger partial charge on any atom is 0.328 e. The number of aryl methyl sites for hydroxylation is 3.